The fourth-order valence-electron chi connectivity index (χ4n) is 1.74. The molecule has 0 aliphatic carbocycles. The highest BCUT2D eigenvalue weighted by Gasteiger charge is 2.10. The summed E-state index contributed by atoms with van der Waals surface area (Å²) in [6.07, 6.45) is 6.64. The number of hydrogen-bond donors (Lipinski definition) is 3. The van der Waals surface area contributed by atoms with E-state index in [0.717, 1.165) is 25.7 Å². The Morgan fingerprint density at radius 1 is 1.20 bits per heavy atom. The zero-order chi connectivity index (χ0) is 15.2. The van der Waals surface area contributed by atoms with Crippen molar-refractivity contribution in [1.82, 2.24) is 10.2 Å². The molecular weight excluding hydrogens is 260 g/mol. The topological polar surface area (TPSA) is 89.9 Å². The van der Waals surface area contributed by atoms with Gasteiger partial charge in [-0.3, -0.25) is 14.5 Å². The van der Waals surface area contributed by atoms with E-state index >= 15 is 0 Å². The van der Waals surface area contributed by atoms with E-state index in [1.54, 1.807) is 4.90 Å². The quantitative estimate of drug-likeness (QED) is 0.267. The van der Waals surface area contributed by atoms with Gasteiger partial charge in [-0.15, -0.1) is 6.58 Å². The number of rotatable bonds is 13. The van der Waals surface area contributed by atoms with Gasteiger partial charge in [-0.05, 0) is 25.7 Å². The van der Waals surface area contributed by atoms with Gasteiger partial charge < -0.3 is 15.5 Å². The molecule has 0 saturated heterocycles. The van der Waals surface area contributed by atoms with Crippen LogP contribution in [0, 0.1) is 0 Å². The number of unbranched alkanes of at least 4 members (excludes halogenated alkanes) is 3. The molecule has 0 radical (unpaired) electrons. The molecule has 0 atom stereocenters. The maximum absolute atomic E-state index is 11.6. The van der Waals surface area contributed by atoms with Crippen LogP contribution in [0.5, 0.6) is 0 Å². The largest absolute Gasteiger partial charge is 0.480 e. The Hall–Kier alpha value is -1.40. The summed E-state index contributed by atoms with van der Waals surface area (Å²) in [6.45, 7) is 4.16. The Morgan fingerprint density at radius 3 is 2.55 bits per heavy atom. The zero-order valence-electron chi connectivity index (χ0n) is 12.0. The van der Waals surface area contributed by atoms with Gasteiger partial charge in [-0.2, -0.15) is 0 Å². The van der Waals surface area contributed by atoms with Crippen LogP contribution in [0.15, 0.2) is 12.7 Å². The maximum atomic E-state index is 11.6. The van der Waals surface area contributed by atoms with Gasteiger partial charge in [0.1, 0.15) is 0 Å². The van der Waals surface area contributed by atoms with Gasteiger partial charge in [-0.25, -0.2) is 0 Å². The molecule has 0 aromatic rings. The van der Waals surface area contributed by atoms with Crippen molar-refractivity contribution in [3.8, 4) is 0 Å². The average Bonchev–Trinajstić information content (AvgIpc) is 2.41. The highest BCUT2D eigenvalue weighted by molar-refractivity contribution is 5.75. The number of nitrogens with zero attached hydrogens (tertiary/aromatic N) is 1. The summed E-state index contributed by atoms with van der Waals surface area (Å²) < 4.78 is 0. The highest BCUT2D eigenvalue weighted by Crippen LogP contribution is 2.03. The lowest BCUT2D eigenvalue weighted by Crippen LogP contribution is -2.41. The summed E-state index contributed by atoms with van der Waals surface area (Å²) in [7, 11) is 0. The summed E-state index contributed by atoms with van der Waals surface area (Å²) >= 11 is 0. The van der Waals surface area contributed by atoms with Crippen molar-refractivity contribution in [1.29, 1.82) is 0 Å². The van der Waals surface area contributed by atoms with Gasteiger partial charge in [-0.1, -0.05) is 12.5 Å². The number of allylic oxidation sites excluding steroid dienone is 1. The van der Waals surface area contributed by atoms with E-state index in [0.29, 0.717) is 19.4 Å². The number of aliphatic carboxylic acids is 1. The molecule has 3 N–H and O–H groups in total. The monoisotopic (exact) mass is 286 g/mol. The number of carbonyl (C=O) groups is 2. The molecule has 116 valence electrons. The van der Waals surface area contributed by atoms with Crippen LogP contribution < -0.4 is 5.32 Å². The molecule has 6 nitrogen and oxygen atoms in total. The molecule has 0 saturated carbocycles. The number of carboxylic acid groups (broad SMARTS) is 1. The Balaban J connectivity index is 3.79. The van der Waals surface area contributed by atoms with Crippen LogP contribution >= 0.6 is 0 Å². The van der Waals surface area contributed by atoms with E-state index in [1.807, 2.05) is 6.08 Å². The maximum Gasteiger partial charge on any atom is 0.317 e. The lowest BCUT2D eigenvalue weighted by atomic mass is 10.1. The number of aliphatic hydroxyl groups is 1. The molecule has 20 heavy (non-hydrogen) atoms. The second kappa shape index (κ2) is 12.6. The third-order valence-electron chi connectivity index (χ3n) is 2.80. The lowest BCUT2D eigenvalue weighted by molar-refractivity contribution is -0.139. The predicted molar refractivity (Wildman–Crippen MR) is 77.2 cm³/mol. The van der Waals surface area contributed by atoms with E-state index in [9.17, 15) is 9.59 Å². The molecule has 0 spiro atoms. The summed E-state index contributed by atoms with van der Waals surface area (Å²) in [5.41, 5.74) is 0. The minimum atomic E-state index is -0.943. The van der Waals surface area contributed by atoms with Crippen LogP contribution in [0.4, 0.5) is 0 Å². The molecule has 6 heteroatoms. The van der Waals surface area contributed by atoms with Crippen LogP contribution in [0.25, 0.3) is 0 Å². The van der Waals surface area contributed by atoms with Crippen molar-refractivity contribution in [2.24, 2.45) is 0 Å². The fourth-order valence-corrected chi connectivity index (χ4v) is 1.74. The van der Waals surface area contributed by atoms with Gasteiger partial charge in [0.15, 0.2) is 0 Å². The minimum Gasteiger partial charge on any atom is -0.480 e. The van der Waals surface area contributed by atoms with Gasteiger partial charge in [0.2, 0.25) is 5.91 Å². The number of hydrogen-bond acceptors (Lipinski definition) is 4. The minimum absolute atomic E-state index is 0.00731. The molecule has 0 rings (SSSR count). The van der Waals surface area contributed by atoms with Gasteiger partial charge in [0.25, 0.3) is 0 Å². The number of amides is 1. The molecule has 0 aromatic carbocycles. The van der Waals surface area contributed by atoms with Crippen LogP contribution in [0.2, 0.25) is 0 Å². The van der Waals surface area contributed by atoms with Crippen molar-refractivity contribution >= 4 is 11.9 Å². The van der Waals surface area contributed by atoms with Crippen LogP contribution in [0.3, 0.4) is 0 Å². The number of carbonyl (C=O) groups excluding carboxylic acids is 1. The molecule has 0 fully saturated rings. The standard InChI is InChI=1S/C14H26N2O4/c1-2-3-4-5-6-8-13(18)15-12-16(9-7-10-17)11-14(19)20/h2,17H,1,3-12H2,(H,15,18)(H,19,20). The van der Waals surface area contributed by atoms with Crippen molar-refractivity contribution in [3.63, 3.8) is 0 Å². The Labute approximate surface area is 120 Å². The van der Waals surface area contributed by atoms with E-state index in [2.05, 4.69) is 11.9 Å². The summed E-state index contributed by atoms with van der Waals surface area (Å²) in [5, 5.41) is 20.2. The first-order valence-corrected chi connectivity index (χ1v) is 7.02. The first-order valence-electron chi connectivity index (χ1n) is 7.02. The normalized spacial score (nSPS) is 10.5. The van der Waals surface area contributed by atoms with Crippen molar-refractivity contribution in [3.05, 3.63) is 12.7 Å². The van der Waals surface area contributed by atoms with Crippen LogP contribution in [0.1, 0.15) is 38.5 Å². The molecule has 0 aliphatic rings. The summed E-state index contributed by atoms with van der Waals surface area (Å²) in [5.74, 6) is -1.01. The molecule has 1 amide bonds. The van der Waals surface area contributed by atoms with E-state index in [-0.39, 0.29) is 25.7 Å². The van der Waals surface area contributed by atoms with E-state index in [4.69, 9.17) is 10.2 Å². The second-order valence-electron chi connectivity index (χ2n) is 4.67. The zero-order valence-corrected chi connectivity index (χ0v) is 12.0. The predicted octanol–water partition coefficient (Wildman–Crippen LogP) is 0.966. The SMILES string of the molecule is C=CCCCCCC(=O)NCN(CCCO)CC(=O)O. The van der Waals surface area contributed by atoms with Crippen molar-refractivity contribution < 1.29 is 19.8 Å². The molecule has 0 aromatic heterocycles. The van der Waals surface area contributed by atoms with E-state index in [1.165, 1.54) is 0 Å². The summed E-state index contributed by atoms with van der Waals surface area (Å²) in [6, 6.07) is 0. The van der Waals surface area contributed by atoms with Crippen molar-refractivity contribution in [2.75, 3.05) is 26.4 Å². The molecule has 0 bridgehead atoms. The number of carboxylic acids is 1. The third-order valence-corrected chi connectivity index (χ3v) is 2.80. The van der Waals surface area contributed by atoms with Gasteiger partial charge in [0.05, 0.1) is 13.2 Å². The third kappa shape index (κ3) is 11.7. The first kappa shape index (κ1) is 18.6. The average molecular weight is 286 g/mol. The molecule has 0 heterocycles. The van der Waals surface area contributed by atoms with E-state index < -0.39 is 5.97 Å². The van der Waals surface area contributed by atoms with Crippen LogP contribution in [-0.4, -0.2) is 53.4 Å². The molecular formula is C14H26N2O4. The van der Waals surface area contributed by atoms with Gasteiger partial charge >= 0.3 is 5.97 Å². The lowest BCUT2D eigenvalue weighted by Gasteiger charge is -2.20. The number of aliphatic hydroxyl groups excluding tert-OH is 1. The van der Waals surface area contributed by atoms with Crippen LogP contribution in [-0.2, 0) is 9.59 Å². The first-order chi connectivity index (χ1) is 9.60. The Kier molecular flexibility index (Phi) is 11.7. The highest BCUT2D eigenvalue weighted by atomic mass is 16.4. The second-order valence-corrected chi connectivity index (χ2v) is 4.67. The number of nitrogens with one attached hydrogen (secondary N) is 1. The Morgan fingerprint density at radius 2 is 1.95 bits per heavy atom. The fraction of sp³-hybridized carbons (Fsp3) is 0.714. The Bertz CT molecular complexity index is 295. The molecule has 0 aliphatic heterocycles. The summed E-state index contributed by atoms with van der Waals surface area (Å²) in [4.78, 5) is 23.8. The van der Waals surface area contributed by atoms with Gasteiger partial charge in [0, 0.05) is 19.6 Å². The molecule has 0 unspecified atom stereocenters. The van der Waals surface area contributed by atoms with Crippen molar-refractivity contribution in [2.45, 2.75) is 38.5 Å². The smallest absolute Gasteiger partial charge is 0.317 e.